The second-order valence-electron chi connectivity index (χ2n) is 5.62. The first kappa shape index (κ1) is 15.7. The monoisotopic (exact) mass is 322 g/mol. The van der Waals surface area contributed by atoms with Crippen molar-refractivity contribution in [1.82, 2.24) is 14.9 Å². The lowest BCUT2D eigenvalue weighted by Gasteiger charge is -2.18. The predicted octanol–water partition coefficient (Wildman–Crippen LogP) is 2.79. The minimum atomic E-state index is -0.204. The molecule has 0 radical (unpaired) electrons. The Bertz CT molecular complexity index is 901. The maximum absolute atomic E-state index is 12.5. The molecule has 3 aromatic rings. The lowest BCUT2D eigenvalue weighted by molar-refractivity contribution is -0.128. The van der Waals surface area contributed by atoms with Gasteiger partial charge in [-0.2, -0.15) is 0 Å². The summed E-state index contributed by atoms with van der Waals surface area (Å²) in [6, 6.07) is 12.8. The number of para-hydroxylation sites is 1. The number of imidazole rings is 1. The summed E-state index contributed by atoms with van der Waals surface area (Å²) in [7, 11) is 1.73. The Morgan fingerprint density at radius 3 is 2.79 bits per heavy atom. The second-order valence-corrected chi connectivity index (χ2v) is 5.62. The molecule has 0 unspecified atom stereocenters. The lowest BCUT2D eigenvalue weighted by atomic mass is 10.1. The Kier molecular flexibility index (Phi) is 4.29. The maximum atomic E-state index is 12.5. The van der Waals surface area contributed by atoms with Gasteiger partial charge in [-0.1, -0.05) is 18.2 Å². The van der Waals surface area contributed by atoms with Gasteiger partial charge in [0.1, 0.15) is 0 Å². The highest BCUT2D eigenvalue weighted by Crippen LogP contribution is 2.19. The molecule has 6 nitrogen and oxygen atoms in total. The molecule has 0 aliphatic heterocycles. The van der Waals surface area contributed by atoms with E-state index in [0.29, 0.717) is 17.8 Å². The number of carbonyl (C=O) groups excluding carboxylic acids is 2. The number of benzene rings is 2. The van der Waals surface area contributed by atoms with Gasteiger partial charge in [0, 0.05) is 31.8 Å². The van der Waals surface area contributed by atoms with E-state index in [1.54, 1.807) is 36.5 Å². The zero-order chi connectivity index (χ0) is 17.1. The number of fused-ring (bicyclic) bond motifs is 1. The molecule has 2 aromatic carbocycles. The molecule has 1 aromatic heterocycles. The number of rotatable bonds is 4. The van der Waals surface area contributed by atoms with Gasteiger partial charge in [-0.05, 0) is 29.8 Å². The minimum absolute atomic E-state index is 0.0270. The number of H-pyrrole nitrogens is 1. The highest BCUT2D eigenvalue weighted by atomic mass is 16.2. The number of hydrogen-bond acceptors (Lipinski definition) is 3. The van der Waals surface area contributed by atoms with E-state index in [-0.39, 0.29) is 11.8 Å². The Morgan fingerprint density at radius 1 is 1.21 bits per heavy atom. The van der Waals surface area contributed by atoms with Gasteiger partial charge in [0.15, 0.2) is 0 Å². The van der Waals surface area contributed by atoms with Crippen molar-refractivity contribution in [2.75, 3.05) is 12.4 Å². The third-order valence-corrected chi connectivity index (χ3v) is 3.89. The standard InChI is InChI=1S/C18H18N4O2/c1-12(23)22(2)10-14-5-3-4-6-15(14)21-18(24)13-7-8-16-17(9-13)20-11-19-16/h3-9,11H,10H2,1-2H3,(H,19,20)(H,21,24). The van der Waals surface area contributed by atoms with Crippen LogP contribution in [0.5, 0.6) is 0 Å². The molecule has 3 rings (SSSR count). The van der Waals surface area contributed by atoms with Crippen LogP contribution >= 0.6 is 0 Å². The number of aromatic amines is 1. The van der Waals surface area contributed by atoms with Gasteiger partial charge in [0.2, 0.25) is 5.91 Å². The first-order chi connectivity index (χ1) is 11.5. The zero-order valence-electron chi connectivity index (χ0n) is 13.5. The molecular formula is C18H18N4O2. The van der Waals surface area contributed by atoms with Crippen LogP contribution in [0.3, 0.4) is 0 Å². The summed E-state index contributed by atoms with van der Waals surface area (Å²) in [5.41, 5.74) is 3.75. The molecule has 24 heavy (non-hydrogen) atoms. The largest absolute Gasteiger partial charge is 0.345 e. The molecule has 0 aliphatic rings. The molecular weight excluding hydrogens is 304 g/mol. The Labute approximate surface area is 139 Å². The fourth-order valence-corrected chi connectivity index (χ4v) is 2.42. The second kappa shape index (κ2) is 6.54. The Morgan fingerprint density at radius 2 is 2.00 bits per heavy atom. The van der Waals surface area contributed by atoms with Crippen molar-refractivity contribution in [3.8, 4) is 0 Å². The summed E-state index contributed by atoms with van der Waals surface area (Å²) in [5, 5.41) is 2.92. The molecule has 1 heterocycles. The van der Waals surface area contributed by atoms with Crippen molar-refractivity contribution in [2.45, 2.75) is 13.5 Å². The summed E-state index contributed by atoms with van der Waals surface area (Å²) in [5.74, 6) is -0.231. The average Bonchev–Trinajstić information content (AvgIpc) is 3.04. The number of nitrogens with zero attached hydrogens (tertiary/aromatic N) is 2. The first-order valence-corrected chi connectivity index (χ1v) is 7.58. The quantitative estimate of drug-likeness (QED) is 0.775. The van der Waals surface area contributed by atoms with Crippen molar-refractivity contribution in [2.24, 2.45) is 0 Å². The van der Waals surface area contributed by atoms with Gasteiger partial charge in [-0.25, -0.2) is 4.98 Å². The number of hydrogen-bond donors (Lipinski definition) is 2. The fraction of sp³-hybridized carbons (Fsp3) is 0.167. The molecule has 0 aliphatic carbocycles. The third-order valence-electron chi connectivity index (χ3n) is 3.89. The molecule has 6 heteroatoms. The Balaban J connectivity index is 1.82. The molecule has 0 spiro atoms. The van der Waals surface area contributed by atoms with Gasteiger partial charge in [-0.15, -0.1) is 0 Å². The molecule has 122 valence electrons. The van der Waals surface area contributed by atoms with Crippen LogP contribution in [0.25, 0.3) is 11.0 Å². The van der Waals surface area contributed by atoms with Crippen molar-refractivity contribution in [1.29, 1.82) is 0 Å². The average molecular weight is 322 g/mol. The van der Waals surface area contributed by atoms with Gasteiger partial charge in [0.05, 0.1) is 17.4 Å². The van der Waals surface area contributed by atoms with Crippen molar-refractivity contribution < 1.29 is 9.59 Å². The summed E-state index contributed by atoms with van der Waals surface area (Å²) in [4.78, 5) is 32.7. The summed E-state index contributed by atoms with van der Waals surface area (Å²) in [6.45, 7) is 1.95. The van der Waals surface area contributed by atoms with Crippen LogP contribution in [0.2, 0.25) is 0 Å². The normalized spacial score (nSPS) is 10.6. The van der Waals surface area contributed by atoms with E-state index in [1.807, 2.05) is 24.3 Å². The third kappa shape index (κ3) is 3.27. The number of amides is 2. The Hall–Kier alpha value is -3.15. The molecule has 0 saturated carbocycles. The highest BCUT2D eigenvalue weighted by molar-refractivity contribution is 6.06. The minimum Gasteiger partial charge on any atom is -0.345 e. The van der Waals surface area contributed by atoms with Gasteiger partial charge in [0.25, 0.3) is 5.91 Å². The molecule has 0 atom stereocenters. The van der Waals surface area contributed by atoms with Crippen molar-refractivity contribution >= 4 is 28.5 Å². The van der Waals surface area contributed by atoms with Gasteiger partial charge >= 0.3 is 0 Å². The molecule has 0 bridgehead atoms. The predicted molar refractivity (Wildman–Crippen MR) is 92.6 cm³/mol. The summed E-state index contributed by atoms with van der Waals surface area (Å²) in [6.07, 6.45) is 1.60. The van der Waals surface area contributed by atoms with Crippen molar-refractivity contribution in [3.05, 3.63) is 59.9 Å². The van der Waals surface area contributed by atoms with E-state index in [0.717, 1.165) is 16.6 Å². The SMILES string of the molecule is CC(=O)N(C)Cc1ccccc1NC(=O)c1ccc2nc[nH]c2c1. The smallest absolute Gasteiger partial charge is 0.255 e. The fourth-order valence-electron chi connectivity index (χ4n) is 2.42. The molecule has 2 amide bonds. The topological polar surface area (TPSA) is 78.1 Å². The van der Waals surface area contributed by atoms with Crippen molar-refractivity contribution in [3.63, 3.8) is 0 Å². The van der Waals surface area contributed by atoms with Crippen LogP contribution in [0.15, 0.2) is 48.8 Å². The van der Waals surface area contributed by atoms with Gasteiger partial charge < -0.3 is 15.2 Å². The van der Waals surface area contributed by atoms with E-state index in [2.05, 4.69) is 15.3 Å². The van der Waals surface area contributed by atoms with Gasteiger partial charge in [-0.3, -0.25) is 9.59 Å². The maximum Gasteiger partial charge on any atom is 0.255 e. The molecule has 0 saturated heterocycles. The number of carbonyl (C=O) groups is 2. The van der Waals surface area contributed by atoms with Crippen LogP contribution in [0, 0.1) is 0 Å². The van der Waals surface area contributed by atoms with E-state index in [9.17, 15) is 9.59 Å². The summed E-state index contributed by atoms with van der Waals surface area (Å²) >= 11 is 0. The van der Waals surface area contributed by atoms with Crippen LogP contribution < -0.4 is 5.32 Å². The van der Waals surface area contributed by atoms with E-state index in [4.69, 9.17) is 0 Å². The van der Waals surface area contributed by atoms with E-state index >= 15 is 0 Å². The lowest BCUT2D eigenvalue weighted by Crippen LogP contribution is -2.24. The zero-order valence-corrected chi connectivity index (χ0v) is 13.5. The van der Waals surface area contributed by atoms with Crippen LogP contribution in [0.4, 0.5) is 5.69 Å². The van der Waals surface area contributed by atoms with Crippen LogP contribution in [-0.4, -0.2) is 33.7 Å². The molecule has 2 N–H and O–H groups in total. The number of aromatic nitrogens is 2. The first-order valence-electron chi connectivity index (χ1n) is 7.58. The van der Waals surface area contributed by atoms with E-state index < -0.39 is 0 Å². The number of nitrogens with one attached hydrogen (secondary N) is 2. The van der Waals surface area contributed by atoms with Crippen LogP contribution in [0.1, 0.15) is 22.8 Å². The highest BCUT2D eigenvalue weighted by Gasteiger charge is 2.12. The van der Waals surface area contributed by atoms with Crippen LogP contribution in [-0.2, 0) is 11.3 Å². The molecule has 0 fully saturated rings. The summed E-state index contributed by atoms with van der Waals surface area (Å²) < 4.78 is 0. The number of anilines is 1. The van der Waals surface area contributed by atoms with E-state index in [1.165, 1.54) is 6.92 Å².